The molecule has 10 heteroatoms. The number of hydrogen-bond donors (Lipinski definition) is 3. The number of aliphatic hydroxyl groups is 2. The van der Waals surface area contributed by atoms with E-state index in [0.717, 1.165) is 24.2 Å². The van der Waals surface area contributed by atoms with Gasteiger partial charge < -0.3 is 34.6 Å². The second kappa shape index (κ2) is 13.2. The van der Waals surface area contributed by atoms with Crippen LogP contribution in [0.25, 0.3) is 0 Å². The Hall–Kier alpha value is -3.89. The zero-order chi connectivity index (χ0) is 31.7. The van der Waals surface area contributed by atoms with Crippen LogP contribution in [0.3, 0.4) is 0 Å². The Kier molecular flexibility index (Phi) is 9.14. The van der Waals surface area contributed by atoms with Crippen molar-refractivity contribution in [3.05, 3.63) is 64.7 Å². The zero-order valence-electron chi connectivity index (χ0n) is 25.8. The molecule has 0 spiro atoms. The predicted octanol–water partition coefficient (Wildman–Crippen LogP) is 3.04. The Labute approximate surface area is 263 Å². The molecule has 2 saturated carbocycles. The van der Waals surface area contributed by atoms with Gasteiger partial charge in [0.05, 0.1) is 32.8 Å². The summed E-state index contributed by atoms with van der Waals surface area (Å²) < 4.78 is 17.3. The molecule has 2 aromatic carbocycles. The summed E-state index contributed by atoms with van der Waals surface area (Å²) in [6.45, 7) is 0.110. The number of aliphatic hydroxyl groups excluding tert-OH is 2. The van der Waals surface area contributed by atoms with Gasteiger partial charge in [0.1, 0.15) is 24.2 Å². The highest BCUT2D eigenvalue weighted by Gasteiger charge is 2.52. The second-order valence-electron chi connectivity index (χ2n) is 12.7. The molecule has 240 valence electrons. The predicted molar refractivity (Wildman–Crippen MR) is 165 cm³/mol. The highest BCUT2D eigenvalue weighted by molar-refractivity contribution is 5.96. The molecule has 10 nitrogen and oxygen atoms in total. The molecular formula is C35H42N2O8. The van der Waals surface area contributed by atoms with Crippen molar-refractivity contribution >= 4 is 18.1 Å². The topological polar surface area (TPSA) is 135 Å². The lowest BCUT2D eigenvalue weighted by Crippen LogP contribution is -2.56. The fourth-order valence-corrected chi connectivity index (χ4v) is 8.04. The van der Waals surface area contributed by atoms with Crippen molar-refractivity contribution in [1.29, 1.82) is 0 Å². The van der Waals surface area contributed by atoms with Crippen LogP contribution in [0.2, 0.25) is 0 Å². The summed E-state index contributed by atoms with van der Waals surface area (Å²) in [7, 11) is 3.08. The van der Waals surface area contributed by atoms with E-state index in [1.54, 1.807) is 30.2 Å². The molecule has 45 heavy (non-hydrogen) atoms. The van der Waals surface area contributed by atoms with Gasteiger partial charge in [-0.25, -0.2) is 0 Å². The first kappa shape index (κ1) is 31.1. The number of ether oxygens (including phenoxy) is 3. The summed E-state index contributed by atoms with van der Waals surface area (Å²) in [6, 6.07) is 10.0. The first-order chi connectivity index (χ1) is 21.8. The number of hydrogen-bond acceptors (Lipinski definition) is 8. The van der Waals surface area contributed by atoms with Crippen LogP contribution in [0.1, 0.15) is 59.5 Å². The van der Waals surface area contributed by atoms with Crippen molar-refractivity contribution in [3.8, 4) is 17.2 Å². The Morgan fingerprint density at radius 1 is 1.13 bits per heavy atom. The van der Waals surface area contributed by atoms with Crippen molar-refractivity contribution in [2.75, 3.05) is 33.9 Å². The average molecular weight is 619 g/mol. The summed E-state index contributed by atoms with van der Waals surface area (Å²) in [5, 5.41) is 24.1. The van der Waals surface area contributed by atoms with E-state index in [9.17, 15) is 24.6 Å². The lowest BCUT2D eigenvalue weighted by molar-refractivity contribution is -0.138. The highest BCUT2D eigenvalue weighted by Crippen LogP contribution is 2.52. The van der Waals surface area contributed by atoms with E-state index in [2.05, 4.69) is 5.32 Å². The van der Waals surface area contributed by atoms with Gasteiger partial charge in [0, 0.05) is 36.2 Å². The standard InChI is InChI=1S/C35H42N2O8/c1-43-25-5-3-4-20(14-25)8-10-37(30(40)17-24-13-21-6-7-23(24)12-21)28-18-27(35(42)36-9-11-38)31-26-15-22(19-39)16-29(44-2)33(26)45-34(31)32(28)41/h3-5,14-16,18-19,21,23-24,28,31-32,34,38,41H,6-13,17H2,1-2H3,(H,36,42)/t21?,23?,24?,28-,31+,32+,34+/m1/s1. The summed E-state index contributed by atoms with van der Waals surface area (Å²) >= 11 is 0. The van der Waals surface area contributed by atoms with Crippen molar-refractivity contribution in [2.45, 2.75) is 62.7 Å². The van der Waals surface area contributed by atoms with E-state index in [0.29, 0.717) is 71.6 Å². The van der Waals surface area contributed by atoms with Gasteiger partial charge in [-0.15, -0.1) is 0 Å². The maximum atomic E-state index is 14.2. The van der Waals surface area contributed by atoms with Gasteiger partial charge in [-0.1, -0.05) is 18.6 Å². The smallest absolute Gasteiger partial charge is 0.247 e. The van der Waals surface area contributed by atoms with E-state index in [1.807, 2.05) is 24.3 Å². The third-order valence-electron chi connectivity index (χ3n) is 10.2. The average Bonchev–Trinajstić information content (AvgIpc) is 3.79. The van der Waals surface area contributed by atoms with Crippen LogP contribution in [0.15, 0.2) is 48.0 Å². The van der Waals surface area contributed by atoms with E-state index >= 15 is 0 Å². The Balaban J connectivity index is 1.37. The Morgan fingerprint density at radius 3 is 2.67 bits per heavy atom. The highest BCUT2D eigenvalue weighted by atomic mass is 16.5. The summed E-state index contributed by atoms with van der Waals surface area (Å²) in [6.07, 6.45) is 5.86. The van der Waals surface area contributed by atoms with Crippen molar-refractivity contribution in [1.82, 2.24) is 10.2 Å². The maximum absolute atomic E-state index is 14.2. The quantitative estimate of drug-likeness (QED) is 0.309. The van der Waals surface area contributed by atoms with Crippen LogP contribution < -0.4 is 19.5 Å². The zero-order valence-corrected chi connectivity index (χ0v) is 25.8. The Bertz CT molecular complexity index is 1470. The molecule has 3 aliphatic carbocycles. The molecule has 2 aromatic rings. The molecule has 7 atom stereocenters. The van der Waals surface area contributed by atoms with E-state index in [4.69, 9.17) is 14.2 Å². The molecule has 1 aliphatic heterocycles. The molecular weight excluding hydrogens is 576 g/mol. The van der Waals surface area contributed by atoms with Gasteiger partial charge in [-0.3, -0.25) is 14.4 Å². The van der Waals surface area contributed by atoms with Crippen LogP contribution in [-0.2, 0) is 16.0 Å². The number of benzene rings is 2. The molecule has 2 fully saturated rings. The number of aldehydes is 1. The largest absolute Gasteiger partial charge is 0.497 e. The molecule has 1 heterocycles. The van der Waals surface area contributed by atoms with Gasteiger partial charge in [-0.05, 0) is 79.3 Å². The Morgan fingerprint density at radius 2 is 1.98 bits per heavy atom. The summed E-state index contributed by atoms with van der Waals surface area (Å²) in [5.74, 6) is 1.77. The number of nitrogens with zero attached hydrogens (tertiary/aromatic N) is 1. The van der Waals surface area contributed by atoms with Crippen LogP contribution in [-0.4, -0.2) is 85.4 Å². The van der Waals surface area contributed by atoms with E-state index in [1.165, 1.54) is 20.0 Å². The lowest BCUT2D eigenvalue weighted by Gasteiger charge is -2.41. The number of carbonyl (C=O) groups is 3. The van der Waals surface area contributed by atoms with Crippen LogP contribution in [0.4, 0.5) is 0 Å². The minimum atomic E-state index is -1.17. The third kappa shape index (κ3) is 6.05. The number of nitrogens with one attached hydrogen (secondary N) is 1. The minimum absolute atomic E-state index is 0.0366. The third-order valence-corrected chi connectivity index (χ3v) is 10.2. The summed E-state index contributed by atoms with van der Waals surface area (Å²) in [4.78, 5) is 41.4. The van der Waals surface area contributed by atoms with Gasteiger partial charge in [0.25, 0.3) is 0 Å². The number of carbonyl (C=O) groups excluding carboxylic acids is 3. The van der Waals surface area contributed by atoms with Gasteiger partial charge in [-0.2, -0.15) is 0 Å². The van der Waals surface area contributed by atoms with Crippen LogP contribution >= 0.6 is 0 Å². The van der Waals surface area contributed by atoms with Crippen LogP contribution in [0.5, 0.6) is 17.2 Å². The number of fused-ring (bicyclic) bond motifs is 5. The SMILES string of the molecule is COc1cccc(CCN(C(=O)CC2CC3CCC2C3)[C@@H]2C=C(C(=O)NCCO)[C@@H]3c4cc(C=O)cc(OC)c4O[C@@H]3[C@H]2O)c1. The molecule has 0 aromatic heterocycles. The van der Waals surface area contributed by atoms with Crippen molar-refractivity contribution in [2.24, 2.45) is 17.8 Å². The second-order valence-corrected chi connectivity index (χ2v) is 12.7. The molecule has 2 bridgehead atoms. The van der Waals surface area contributed by atoms with Crippen molar-refractivity contribution < 1.29 is 38.8 Å². The monoisotopic (exact) mass is 618 g/mol. The molecule has 6 rings (SSSR count). The number of methoxy groups -OCH3 is 2. The fraction of sp³-hybridized carbons (Fsp3) is 0.514. The van der Waals surface area contributed by atoms with Crippen LogP contribution in [0, 0.1) is 17.8 Å². The molecule has 0 radical (unpaired) electrons. The lowest BCUT2D eigenvalue weighted by atomic mass is 9.77. The summed E-state index contributed by atoms with van der Waals surface area (Å²) in [5.41, 5.74) is 2.20. The molecule has 4 aliphatic rings. The first-order valence-corrected chi connectivity index (χ1v) is 15.9. The normalized spacial score (nSPS) is 27.6. The van der Waals surface area contributed by atoms with E-state index in [-0.39, 0.29) is 19.1 Å². The maximum Gasteiger partial charge on any atom is 0.247 e. The fourth-order valence-electron chi connectivity index (χ4n) is 8.04. The van der Waals surface area contributed by atoms with Gasteiger partial charge >= 0.3 is 0 Å². The number of rotatable bonds is 12. The molecule has 2 amide bonds. The molecule has 3 N–H and O–H groups in total. The van der Waals surface area contributed by atoms with Gasteiger partial charge in [0.15, 0.2) is 11.5 Å². The van der Waals surface area contributed by atoms with Gasteiger partial charge in [0.2, 0.25) is 11.8 Å². The minimum Gasteiger partial charge on any atom is -0.497 e. The molecule has 3 unspecified atom stereocenters. The molecule has 0 saturated heterocycles. The van der Waals surface area contributed by atoms with Crippen molar-refractivity contribution in [3.63, 3.8) is 0 Å². The van der Waals surface area contributed by atoms with E-state index < -0.39 is 30.1 Å². The number of amides is 2. The first-order valence-electron chi connectivity index (χ1n) is 15.9.